The van der Waals surface area contributed by atoms with E-state index in [1.165, 1.54) is 6.92 Å². The van der Waals surface area contributed by atoms with Crippen molar-refractivity contribution in [1.82, 2.24) is 9.97 Å². The Labute approximate surface area is 291 Å². The fraction of sp³-hybridized carbons (Fsp3) is 0.438. The summed E-state index contributed by atoms with van der Waals surface area (Å²) in [6.45, 7) is -0.731. The molecule has 0 bridgehead atoms. The zero-order valence-corrected chi connectivity index (χ0v) is 27.1. The lowest BCUT2D eigenvalue weighted by molar-refractivity contribution is -0.160. The lowest BCUT2D eigenvalue weighted by Gasteiger charge is -2.40. The highest BCUT2D eigenvalue weighted by Gasteiger charge is 2.41. The van der Waals surface area contributed by atoms with Crippen LogP contribution in [0.3, 0.4) is 0 Å². The van der Waals surface area contributed by atoms with Crippen LogP contribution in [-0.4, -0.2) is 52.6 Å². The fourth-order valence-corrected chi connectivity index (χ4v) is 5.48. The van der Waals surface area contributed by atoms with E-state index in [-0.39, 0.29) is 61.1 Å². The third kappa shape index (κ3) is 10.8. The second-order valence-corrected chi connectivity index (χ2v) is 11.7. The van der Waals surface area contributed by atoms with Crippen LogP contribution in [0.4, 0.5) is 69.1 Å². The van der Waals surface area contributed by atoms with Gasteiger partial charge in [-0.2, -0.15) is 52.7 Å². The van der Waals surface area contributed by atoms with Crippen molar-refractivity contribution in [2.75, 3.05) is 23.4 Å². The number of hydrogen-bond acceptors (Lipinski definition) is 7. The Kier molecular flexibility index (Phi) is 12.0. The normalized spacial score (nSPS) is 16.6. The number of nitrogens with one attached hydrogen (secondary N) is 1. The number of benzene rings is 2. The number of anilines is 2. The van der Waals surface area contributed by atoms with Crippen LogP contribution in [0.1, 0.15) is 72.2 Å². The van der Waals surface area contributed by atoms with Crippen LogP contribution in [0.15, 0.2) is 42.6 Å². The van der Waals surface area contributed by atoms with E-state index in [0.717, 1.165) is 17.2 Å². The first-order valence-corrected chi connectivity index (χ1v) is 15.5. The molecule has 2 heterocycles. The number of aliphatic carboxylic acids is 1. The Morgan fingerprint density at radius 1 is 0.906 bits per heavy atom. The number of alkyl halides is 12. The number of amides is 1. The third-order valence-corrected chi connectivity index (χ3v) is 7.83. The molecule has 0 radical (unpaired) electrons. The van der Waals surface area contributed by atoms with Gasteiger partial charge in [0.1, 0.15) is 0 Å². The number of hydrogen-bond donors (Lipinski definition) is 2. The molecule has 9 nitrogen and oxygen atoms in total. The summed E-state index contributed by atoms with van der Waals surface area (Å²) in [6, 6.07) is 0.792. The van der Waals surface area contributed by atoms with Gasteiger partial charge in [0.05, 0.1) is 46.9 Å². The topological polar surface area (TPSA) is 114 Å². The highest BCUT2D eigenvalue weighted by Crippen LogP contribution is 2.43. The average molecular weight is 777 g/mol. The van der Waals surface area contributed by atoms with Crippen molar-refractivity contribution >= 4 is 23.7 Å². The molecule has 2 atom stereocenters. The Bertz CT molecular complexity index is 1760. The molecule has 4 rings (SSSR count). The van der Waals surface area contributed by atoms with Crippen LogP contribution in [0, 0.1) is 0 Å². The van der Waals surface area contributed by atoms with E-state index in [9.17, 15) is 62.3 Å². The summed E-state index contributed by atoms with van der Waals surface area (Å²) in [5, 5.41) is 11.7. The number of ether oxygens (including phenoxy) is 2. The fourth-order valence-electron chi connectivity index (χ4n) is 5.48. The predicted molar refractivity (Wildman–Crippen MR) is 160 cm³/mol. The SMILES string of the molecule is CC[C@@H]1C[C@H](Nc2ncc(OCCCC(=O)O)c(Cc3cc(C(F)(F)F)cc(C(F)(F)F)c3)n2)c2cc(C(F)(F)F)ccc2N1C(=O)OCC(F)(F)F. The van der Waals surface area contributed by atoms with E-state index in [0.29, 0.717) is 24.3 Å². The number of carbonyl (C=O) groups is 2. The Balaban J connectivity index is 1.77. The summed E-state index contributed by atoms with van der Waals surface area (Å²) in [6.07, 6.45) is -22.1. The molecule has 1 amide bonds. The van der Waals surface area contributed by atoms with E-state index in [4.69, 9.17) is 9.84 Å². The van der Waals surface area contributed by atoms with Crippen LogP contribution in [0.5, 0.6) is 5.75 Å². The molecular weight excluding hydrogens is 748 g/mol. The van der Waals surface area contributed by atoms with Crippen molar-refractivity contribution in [2.45, 2.75) is 75.8 Å². The van der Waals surface area contributed by atoms with Gasteiger partial charge in [0.15, 0.2) is 12.4 Å². The molecule has 0 fully saturated rings. The first kappa shape index (κ1) is 40.8. The molecule has 2 aromatic carbocycles. The molecule has 1 aromatic heterocycles. The summed E-state index contributed by atoms with van der Waals surface area (Å²) in [5.74, 6) is -1.86. The van der Waals surface area contributed by atoms with Crippen molar-refractivity contribution in [1.29, 1.82) is 0 Å². The summed E-state index contributed by atoms with van der Waals surface area (Å²) >= 11 is 0. The average Bonchev–Trinajstić information content (AvgIpc) is 3.04. The van der Waals surface area contributed by atoms with E-state index in [1.807, 2.05) is 0 Å². The second-order valence-electron chi connectivity index (χ2n) is 11.7. The largest absolute Gasteiger partial charge is 0.490 e. The van der Waals surface area contributed by atoms with Gasteiger partial charge in [-0.1, -0.05) is 6.92 Å². The quantitative estimate of drug-likeness (QED) is 0.147. The van der Waals surface area contributed by atoms with E-state index < -0.39 is 90.1 Å². The van der Waals surface area contributed by atoms with Gasteiger partial charge in [0.2, 0.25) is 5.95 Å². The van der Waals surface area contributed by atoms with Gasteiger partial charge in [-0.25, -0.2) is 14.8 Å². The molecular formula is C32H28F12N4O5. The van der Waals surface area contributed by atoms with Crippen LogP contribution >= 0.6 is 0 Å². The smallest absolute Gasteiger partial charge is 0.422 e. The minimum atomic E-state index is -5.18. The molecule has 0 aliphatic carbocycles. The summed E-state index contributed by atoms with van der Waals surface area (Å²) in [5.41, 5.74) is -5.76. The monoisotopic (exact) mass is 776 g/mol. The molecule has 0 spiro atoms. The molecule has 0 saturated heterocycles. The zero-order chi connectivity index (χ0) is 39.5. The van der Waals surface area contributed by atoms with Crippen LogP contribution in [0.2, 0.25) is 0 Å². The second kappa shape index (κ2) is 15.6. The van der Waals surface area contributed by atoms with Crippen molar-refractivity contribution in [3.8, 4) is 5.75 Å². The molecule has 1 aliphatic rings. The number of halogens is 12. The molecule has 21 heteroatoms. The van der Waals surface area contributed by atoms with Crippen molar-refractivity contribution in [3.05, 3.63) is 76.1 Å². The van der Waals surface area contributed by atoms with Gasteiger partial charge in [0.25, 0.3) is 0 Å². The molecule has 53 heavy (non-hydrogen) atoms. The van der Waals surface area contributed by atoms with Gasteiger partial charge in [-0.15, -0.1) is 0 Å². The lowest BCUT2D eigenvalue weighted by Crippen LogP contribution is -2.46. The molecule has 290 valence electrons. The first-order chi connectivity index (χ1) is 24.5. The van der Waals surface area contributed by atoms with Crippen LogP contribution in [0.25, 0.3) is 0 Å². The maximum absolute atomic E-state index is 13.8. The molecule has 1 aliphatic heterocycles. The molecule has 2 N–H and O–H groups in total. The lowest BCUT2D eigenvalue weighted by atomic mass is 9.89. The van der Waals surface area contributed by atoms with Gasteiger partial charge < -0.3 is 19.9 Å². The summed E-state index contributed by atoms with van der Waals surface area (Å²) in [4.78, 5) is 32.8. The number of carboxylic acids is 1. The maximum atomic E-state index is 13.8. The van der Waals surface area contributed by atoms with E-state index in [1.54, 1.807) is 0 Å². The predicted octanol–water partition coefficient (Wildman–Crippen LogP) is 9.21. The van der Waals surface area contributed by atoms with Gasteiger partial charge in [0, 0.05) is 18.9 Å². The summed E-state index contributed by atoms with van der Waals surface area (Å²) < 4.78 is 171. The first-order valence-electron chi connectivity index (χ1n) is 15.5. The van der Waals surface area contributed by atoms with E-state index in [2.05, 4.69) is 20.0 Å². The number of fused-ring (bicyclic) bond motifs is 1. The minimum absolute atomic E-state index is 0.0616. The van der Waals surface area contributed by atoms with Gasteiger partial charge in [-0.05, 0) is 66.8 Å². The number of aromatic nitrogens is 2. The number of nitrogens with zero attached hydrogens (tertiary/aromatic N) is 3. The minimum Gasteiger partial charge on any atom is -0.490 e. The Morgan fingerprint density at radius 3 is 2.08 bits per heavy atom. The standard InChI is InChI=1S/C32H28F12N4O5/c1-2-20-13-22(21-12-17(30(36,37)38)5-6-24(21)48(20)28(51)53-15-29(33,34)35)46-27-45-14-25(52-7-3-4-26(49)50)23(47-27)10-16-8-18(31(39,40)41)11-19(9-16)32(42,43)44/h5-6,8-9,11-12,14,20,22H,2-4,7,10,13,15H2,1H3,(H,49,50)(H,45,46,47)/t20-,22+/m1/s1. The van der Waals surface area contributed by atoms with Gasteiger partial charge >= 0.3 is 36.8 Å². The van der Waals surface area contributed by atoms with E-state index >= 15 is 0 Å². The highest BCUT2D eigenvalue weighted by atomic mass is 19.4. The number of rotatable bonds is 11. The zero-order valence-electron chi connectivity index (χ0n) is 27.1. The Hall–Kier alpha value is -4.98. The van der Waals surface area contributed by atoms with Gasteiger partial charge in [-0.3, -0.25) is 9.69 Å². The Morgan fingerprint density at radius 2 is 1.53 bits per heavy atom. The van der Waals surface area contributed by atoms with Crippen LogP contribution in [-0.2, 0) is 34.5 Å². The molecule has 3 aromatic rings. The maximum Gasteiger partial charge on any atom is 0.422 e. The molecule has 0 saturated carbocycles. The van der Waals surface area contributed by atoms with Crippen molar-refractivity contribution < 1.29 is 76.9 Å². The van der Waals surface area contributed by atoms with Crippen molar-refractivity contribution in [3.63, 3.8) is 0 Å². The number of carbonyl (C=O) groups excluding carboxylic acids is 1. The summed E-state index contributed by atoms with van der Waals surface area (Å²) in [7, 11) is 0. The third-order valence-electron chi connectivity index (χ3n) is 7.83. The number of carboxylic acid groups (broad SMARTS) is 1. The molecule has 0 unspecified atom stereocenters. The van der Waals surface area contributed by atoms with Crippen molar-refractivity contribution in [2.24, 2.45) is 0 Å². The highest BCUT2D eigenvalue weighted by molar-refractivity contribution is 5.90. The van der Waals surface area contributed by atoms with Crippen LogP contribution < -0.4 is 15.0 Å².